The van der Waals surface area contributed by atoms with Crippen LogP contribution in [0.15, 0.2) is 12.1 Å². The molecule has 0 heterocycles. The van der Waals surface area contributed by atoms with Crippen molar-refractivity contribution >= 4 is 11.6 Å². The van der Waals surface area contributed by atoms with Crippen LogP contribution in [0.25, 0.3) is 0 Å². The van der Waals surface area contributed by atoms with Crippen LogP contribution in [0.4, 0.5) is 0 Å². The summed E-state index contributed by atoms with van der Waals surface area (Å²) in [7, 11) is 7.32. The van der Waals surface area contributed by atoms with Gasteiger partial charge in [0.05, 0.1) is 13.7 Å². The molecule has 0 aliphatic heterocycles. The normalized spacial score (nSPS) is 11.0. The van der Waals surface area contributed by atoms with Gasteiger partial charge >= 0.3 is 0 Å². The number of nitrogens with zero attached hydrogens (tertiary/aromatic N) is 1. The molecule has 0 saturated carbocycles. The van der Waals surface area contributed by atoms with Crippen molar-refractivity contribution < 1.29 is 14.2 Å². The number of rotatable bonds is 10. The Bertz CT molecular complexity index is 428. The lowest BCUT2D eigenvalue weighted by atomic mass is 10.2. The van der Waals surface area contributed by atoms with Gasteiger partial charge in [0.1, 0.15) is 6.61 Å². The van der Waals surface area contributed by atoms with Crippen molar-refractivity contribution in [3.63, 3.8) is 0 Å². The first kappa shape index (κ1) is 18.0. The lowest BCUT2D eigenvalue weighted by molar-refractivity contribution is 0.198. The predicted octanol–water partition coefficient (Wildman–Crippen LogP) is 2.02. The molecule has 0 fully saturated rings. The Morgan fingerprint density at radius 2 is 1.95 bits per heavy atom. The lowest BCUT2D eigenvalue weighted by Crippen LogP contribution is -2.21. The SMILES string of the molecule is COCCNCc1cc(Cl)cc(OC)c1OCCN(C)C. The van der Waals surface area contributed by atoms with Crippen LogP contribution in [0.2, 0.25) is 5.02 Å². The Kier molecular flexibility index (Phi) is 8.45. The maximum absolute atomic E-state index is 6.13. The van der Waals surface area contributed by atoms with Crippen LogP contribution in [0.3, 0.4) is 0 Å². The van der Waals surface area contributed by atoms with Crippen molar-refractivity contribution in [2.75, 3.05) is 54.6 Å². The zero-order valence-electron chi connectivity index (χ0n) is 13.2. The first-order chi connectivity index (χ1) is 10.1. The van der Waals surface area contributed by atoms with Gasteiger partial charge in [0.2, 0.25) is 0 Å². The number of hydrogen-bond donors (Lipinski definition) is 1. The van der Waals surface area contributed by atoms with Crippen LogP contribution in [0.5, 0.6) is 11.5 Å². The fraction of sp³-hybridized carbons (Fsp3) is 0.600. The molecule has 5 nitrogen and oxygen atoms in total. The van der Waals surface area contributed by atoms with E-state index in [1.54, 1.807) is 20.3 Å². The summed E-state index contributed by atoms with van der Waals surface area (Å²) in [6.45, 7) is 3.51. The molecule has 6 heteroatoms. The van der Waals surface area contributed by atoms with E-state index in [1.807, 2.05) is 20.2 Å². The Hall–Kier alpha value is -1.01. The van der Waals surface area contributed by atoms with Crippen LogP contribution in [0.1, 0.15) is 5.56 Å². The molecule has 21 heavy (non-hydrogen) atoms. The largest absolute Gasteiger partial charge is 0.493 e. The number of benzene rings is 1. The highest BCUT2D eigenvalue weighted by atomic mass is 35.5. The minimum atomic E-state index is 0.593. The van der Waals surface area contributed by atoms with Gasteiger partial charge in [0.25, 0.3) is 0 Å². The van der Waals surface area contributed by atoms with E-state index in [4.69, 9.17) is 25.8 Å². The summed E-state index contributed by atoms with van der Waals surface area (Å²) >= 11 is 6.13. The van der Waals surface area contributed by atoms with E-state index in [9.17, 15) is 0 Å². The smallest absolute Gasteiger partial charge is 0.165 e. The van der Waals surface area contributed by atoms with Crippen molar-refractivity contribution in [1.82, 2.24) is 10.2 Å². The van der Waals surface area contributed by atoms with Gasteiger partial charge in [0, 0.05) is 43.4 Å². The number of nitrogens with one attached hydrogen (secondary N) is 1. The molecular formula is C15H25ClN2O3. The summed E-state index contributed by atoms with van der Waals surface area (Å²) in [6.07, 6.45) is 0. The standard InChI is InChI=1S/C15H25ClN2O3/c1-18(2)6-8-21-15-12(11-17-5-7-19-3)9-13(16)10-14(15)20-4/h9-10,17H,5-8,11H2,1-4H3. The van der Waals surface area contributed by atoms with Crippen LogP contribution in [-0.4, -0.2) is 59.5 Å². The van der Waals surface area contributed by atoms with Crippen molar-refractivity contribution in [2.24, 2.45) is 0 Å². The van der Waals surface area contributed by atoms with E-state index >= 15 is 0 Å². The van der Waals surface area contributed by atoms with Gasteiger partial charge in [-0.1, -0.05) is 11.6 Å². The number of hydrogen-bond acceptors (Lipinski definition) is 5. The molecule has 0 amide bonds. The highest BCUT2D eigenvalue weighted by Gasteiger charge is 2.13. The van der Waals surface area contributed by atoms with Gasteiger partial charge in [-0.05, 0) is 20.2 Å². The molecule has 0 aromatic heterocycles. The predicted molar refractivity (Wildman–Crippen MR) is 85.6 cm³/mol. The zero-order chi connectivity index (χ0) is 15.7. The van der Waals surface area contributed by atoms with E-state index in [1.165, 1.54) is 0 Å². The molecule has 1 rings (SSSR count). The van der Waals surface area contributed by atoms with Crippen LogP contribution >= 0.6 is 11.6 Å². The van der Waals surface area contributed by atoms with Crippen molar-refractivity contribution in [3.8, 4) is 11.5 Å². The second kappa shape index (κ2) is 9.84. The fourth-order valence-corrected chi connectivity index (χ4v) is 2.03. The minimum absolute atomic E-state index is 0.593. The van der Waals surface area contributed by atoms with Gasteiger partial charge in [-0.3, -0.25) is 0 Å². The monoisotopic (exact) mass is 316 g/mol. The third-order valence-electron chi connectivity index (χ3n) is 2.90. The molecule has 0 aliphatic rings. The number of likely N-dealkylation sites (N-methyl/N-ethyl adjacent to an activating group) is 1. The average molecular weight is 317 g/mol. The summed E-state index contributed by atoms with van der Waals surface area (Å²) in [5.74, 6) is 1.40. The molecular weight excluding hydrogens is 292 g/mol. The van der Waals surface area contributed by atoms with Gasteiger partial charge in [-0.2, -0.15) is 0 Å². The summed E-state index contributed by atoms with van der Waals surface area (Å²) in [4.78, 5) is 2.07. The number of halogens is 1. The number of ether oxygens (including phenoxy) is 3. The highest BCUT2D eigenvalue weighted by Crippen LogP contribution is 2.34. The first-order valence-electron chi connectivity index (χ1n) is 6.92. The molecule has 1 aromatic rings. The molecule has 1 N–H and O–H groups in total. The third-order valence-corrected chi connectivity index (χ3v) is 3.12. The molecule has 0 spiro atoms. The molecule has 0 aliphatic carbocycles. The van der Waals surface area contributed by atoms with Crippen LogP contribution < -0.4 is 14.8 Å². The Morgan fingerprint density at radius 3 is 2.57 bits per heavy atom. The average Bonchev–Trinajstić information content (AvgIpc) is 2.44. The maximum atomic E-state index is 6.13. The van der Waals surface area contributed by atoms with E-state index in [0.717, 1.165) is 24.4 Å². The lowest BCUT2D eigenvalue weighted by Gasteiger charge is -2.17. The van der Waals surface area contributed by atoms with Crippen molar-refractivity contribution in [3.05, 3.63) is 22.7 Å². The minimum Gasteiger partial charge on any atom is -0.493 e. The summed E-state index contributed by atoms with van der Waals surface area (Å²) < 4.78 is 16.3. The van der Waals surface area contributed by atoms with E-state index in [-0.39, 0.29) is 0 Å². The van der Waals surface area contributed by atoms with E-state index in [0.29, 0.717) is 30.5 Å². The highest BCUT2D eigenvalue weighted by molar-refractivity contribution is 6.30. The molecule has 1 aromatic carbocycles. The van der Waals surface area contributed by atoms with Gasteiger partial charge in [-0.15, -0.1) is 0 Å². The van der Waals surface area contributed by atoms with Crippen molar-refractivity contribution in [1.29, 1.82) is 0 Å². The van der Waals surface area contributed by atoms with Crippen LogP contribution in [0, 0.1) is 0 Å². The molecule has 0 saturated heterocycles. The van der Waals surface area contributed by atoms with Gasteiger partial charge in [-0.25, -0.2) is 0 Å². The fourth-order valence-electron chi connectivity index (χ4n) is 1.80. The topological polar surface area (TPSA) is 43.0 Å². The van der Waals surface area contributed by atoms with E-state index < -0.39 is 0 Å². The first-order valence-corrected chi connectivity index (χ1v) is 7.30. The second-order valence-electron chi connectivity index (χ2n) is 4.92. The zero-order valence-corrected chi connectivity index (χ0v) is 14.0. The molecule has 0 radical (unpaired) electrons. The Morgan fingerprint density at radius 1 is 1.19 bits per heavy atom. The van der Waals surface area contributed by atoms with Gasteiger partial charge < -0.3 is 24.4 Å². The molecule has 0 unspecified atom stereocenters. The molecule has 120 valence electrons. The molecule has 0 atom stereocenters. The van der Waals surface area contributed by atoms with Crippen molar-refractivity contribution in [2.45, 2.75) is 6.54 Å². The second-order valence-corrected chi connectivity index (χ2v) is 5.35. The summed E-state index contributed by atoms with van der Waals surface area (Å²) in [5, 5.41) is 3.93. The maximum Gasteiger partial charge on any atom is 0.165 e. The summed E-state index contributed by atoms with van der Waals surface area (Å²) in [6, 6.07) is 3.67. The summed E-state index contributed by atoms with van der Waals surface area (Å²) in [5.41, 5.74) is 0.981. The third kappa shape index (κ3) is 6.52. The number of methoxy groups -OCH3 is 2. The van der Waals surface area contributed by atoms with Crippen LogP contribution in [-0.2, 0) is 11.3 Å². The van der Waals surface area contributed by atoms with Gasteiger partial charge in [0.15, 0.2) is 11.5 Å². The quantitative estimate of drug-likeness (QED) is 0.669. The Balaban J connectivity index is 2.78. The molecule has 0 bridgehead atoms. The van der Waals surface area contributed by atoms with E-state index in [2.05, 4.69) is 10.2 Å². The Labute approximate surface area is 132 Å².